The summed E-state index contributed by atoms with van der Waals surface area (Å²) in [5, 5.41) is 15.4. The highest BCUT2D eigenvalue weighted by molar-refractivity contribution is 6.08. The van der Waals surface area contributed by atoms with E-state index in [-0.39, 0.29) is 6.10 Å². The average molecular weight is 248 g/mol. The minimum Gasteiger partial charge on any atom is -0.388 e. The number of hydrogen-bond donors (Lipinski definition) is 1. The maximum absolute atomic E-state index is 10.3. The molecule has 0 radical (unpaired) electrons. The lowest BCUT2D eigenvalue weighted by Crippen LogP contribution is -2.09. The minimum absolute atomic E-state index is 0.298. The molecule has 0 aliphatic heterocycles. The van der Waals surface area contributed by atoms with E-state index in [9.17, 15) is 5.11 Å². The Labute approximate surface area is 112 Å². The molecule has 0 heterocycles. The standard InChI is InChI=1S/C18H16O/c19-17-7-3-5-13-9-10-15-14-6-2-1-4-12(14)8-11-16(15)18(13)17/h1-2,4,6,8-11,17,19H,3,5,7H2. The SMILES string of the molecule is OC1CCCc2ccc3c(ccc4ccccc43)c21. The summed E-state index contributed by atoms with van der Waals surface area (Å²) in [4.78, 5) is 0. The number of rotatable bonds is 0. The van der Waals surface area contributed by atoms with E-state index in [1.807, 2.05) is 0 Å². The summed E-state index contributed by atoms with van der Waals surface area (Å²) in [6, 6.07) is 17.2. The number of aliphatic hydroxyl groups is 1. The molecule has 1 unspecified atom stereocenters. The first-order valence-electron chi connectivity index (χ1n) is 6.96. The molecule has 94 valence electrons. The van der Waals surface area contributed by atoms with E-state index in [2.05, 4.69) is 48.5 Å². The van der Waals surface area contributed by atoms with Crippen molar-refractivity contribution in [1.29, 1.82) is 0 Å². The van der Waals surface area contributed by atoms with Crippen molar-refractivity contribution < 1.29 is 5.11 Å². The van der Waals surface area contributed by atoms with Crippen molar-refractivity contribution in [3.63, 3.8) is 0 Å². The average Bonchev–Trinajstić information content (AvgIpc) is 2.46. The van der Waals surface area contributed by atoms with Crippen LogP contribution in [0.3, 0.4) is 0 Å². The Balaban J connectivity index is 2.15. The third-order valence-electron chi connectivity index (χ3n) is 4.31. The molecule has 0 saturated carbocycles. The lowest BCUT2D eigenvalue weighted by Gasteiger charge is -2.23. The summed E-state index contributed by atoms with van der Waals surface area (Å²) in [6.45, 7) is 0. The molecule has 3 aromatic carbocycles. The minimum atomic E-state index is -0.298. The summed E-state index contributed by atoms with van der Waals surface area (Å²) in [5.41, 5.74) is 2.48. The van der Waals surface area contributed by atoms with Gasteiger partial charge in [-0.15, -0.1) is 0 Å². The quantitative estimate of drug-likeness (QED) is 0.586. The fraction of sp³-hybridized carbons (Fsp3) is 0.222. The van der Waals surface area contributed by atoms with Gasteiger partial charge in [-0.1, -0.05) is 48.5 Å². The molecule has 1 heteroatoms. The maximum Gasteiger partial charge on any atom is 0.0798 e. The fourth-order valence-corrected chi connectivity index (χ4v) is 3.40. The summed E-state index contributed by atoms with van der Waals surface area (Å²) < 4.78 is 0. The molecule has 0 aromatic heterocycles. The van der Waals surface area contributed by atoms with Gasteiger partial charge in [-0.05, 0) is 51.9 Å². The fourth-order valence-electron chi connectivity index (χ4n) is 3.40. The van der Waals surface area contributed by atoms with E-state index in [0.717, 1.165) is 24.8 Å². The van der Waals surface area contributed by atoms with E-state index >= 15 is 0 Å². The number of hydrogen-bond acceptors (Lipinski definition) is 1. The van der Waals surface area contributed by atoms with E-state index < -0.39 is 0 Å². The predicted octanol–water partition coefficient (Wildman–Crippen LogP) is 4.36. The summed E-state index contributed by atoms with van der Waals surface area (Å²) in [6.07, 6.45) is 2.77. The van der Waals surface area contributed by atoms with E-state index in [4.69, 9.17) is 0 Å². The molecule has 1 atom stereocenters. The van der Waals surface area contributed by atoms with E-state index in [0.29, 0.717) is 0 Å². The van der Waals surface area contributed by atoms with Gasteiger partial charge in [0.25, 0.3) is 0 Å². The zero-order valence-electron chi connectivity index (χ0n) is 10.8. The van der Waals surface area contributed by atoms with Crippen molar-refractivity contribution in [2.24, 2.45) is 0 Å². The van der Waals surface area contributed by atoms with Gasteiger partial charge in [0.05, 0.1) is 6.10 Å². The first kappa shape index (κ1) is 11.0. The maximum atomic E-state index is 10.3. The van der Waals surface area contributed by atoms with Crippen LogP contribution in [0.15, 0.2) is 48.5 Å². The molecule has 0 saturated heterocycles. The van der Waals surface area contributed by atoms with Gasteiger partial charge < -0.3 is 5.11 Å². The van der Waals surface area contributed by atoms with Crippen LogP contribution in [0.1, 0.15) is 30.1 Å². The van der Waals surface area contributed by atoms with Gasteiger partial charge in [0.15, 0.2) is 0 Å². The third kappa shape index (κ3) is 1.58. The van der Waals surface area contributed by atoms with Crippen LogP contribution in [-0.2, 0) is 6.42 Å². The second-order valence-electron chi connectivity index (χ2n) is 5.43. The monoisotopic (exact) mass is 248 g/mol. The zero-order valence-corrected chi connectivity index (χ0v) is 10.8. The van der Waals surface area contributed by atoms with Gasteiger partial charge in [-0.25, -0.2) is 0 Å². The van der Waals surface area contributed by atoms with Crippen molar-refractivity contribution in [2.75, 3.05) is 0 Å². The largest absolute Gasteiger partial charge is 0.388 e. The van der Waals surface area contributed by atoms with Crippen LogP contribution in [0.5, 0.6) is 0 Å². The molecule has 0 amide bonds. The number of aliphatic hydroxyl groups excluding tert-OH is 1. The Bertz CT molecular complexity index is 773. The highest BCUT2D eigenvalue weighted by Gasteiger charge is 2.20. The van der Waals surface area contributed by atoms with Crippen LogP contribution in [0.25, 0.3) is 21.5 Å². The van der Waals surface area contributed by atoms with Crippen molar-refractivity contribution in [2.45, 2.75) is 25.4 Å². The second-order valence-corrected chi connectivity index (χ2v) is 5.43. The molecular weight excluding hydrogens is 232 g/mol. The Kier molecular flexibility index (Phi) is 2.36. The molecule has 4 rings (SSSR count). The van der Waals surface area contributed by atoms with Crippen LogP contribution in [0, 0.1) is 0 Å². The molecule has 0 spiro atoms. The Morgan fingerprint density at radius 1 is 0.842 bits per heavy atom. The molecule has 3 aromatic rings. The van der Waals surface area contributed by atoms with Crippen LogP contribution in [0.2, 0.25) is 0 Å². The van der Waals surface area contributed by atoms with Gasteiger partial charge in [-0.2, -0.15) is 0 Å². The number of benzene rings is 3. The molecule has 1 aliphatic carbocycles. The van der Waals surface area contributed by atoms with Crippen LogP contribution >= 0.6 is 0 Å². The van der Waals surface area contributed by atoms with Crippen LogP contribution < -0.4 is 0 Å². The Morgan fingerprint density at radius 3 is 2.63 bits per heavy atom. The van der Waals surface area contributed by atoms with Gasteiger partial charge in [0.1, 0.15) is 0 Å². The van der Waals surface area contributed by atoms with E-state index in [1.54, 1.807) is 0 Å². The van der Waals surface area contributed by atoms with Crippen molar-refractivity contribution in [3.8, 4) is 0 Å². The van der Waals surface area contributed by atoms with Crippen LogP contribution in [0.4, 0.5) is 0 Å². The smallest absolute Gasteiger partial charge is 0.0798 e. The first-order chi connectivity index (χ1) is 9.34. The lowest BCUT2D eigenvalue weighted by molar-refractivity contribution is 0.158. The number of aryl methyl sites for hydroxylation is 1. The van der Waals surface area contributed by atoms with Gasteiger partial charge in [0, 0.05) is 0 Å². The molecule has 1 aliphatic rings. The Morgan fingerprint density at radius 2 is 1.68 bits per heavy atom. The second kappa shape index (κ2) is 4.07. The van der Waals surface area contributed by atoms with Crippen molar-refractivity contribution in [3.05, 3.63) is 59.7 Å². The molecule has 1 N–H and O–H groups in total. The molecule has 0 fully saturated rings. The topological polar surface area (TPSA) is 20.2 Å². The number of fused-ring (bicyclic) bond motifs is 5. The van der Waals surface area contributed by atoms with Crippen molar-refractivity contribution >= 4 is 21.5 Å². The first-order valence-corrected chi connectivity index (χ1v) is 6.96. The lowest BCUT2D eigenvalue weighted by atomic mass is 9.85. The normalized spacial score (nSPS) is 18.7. The summed E-state index contributed by atoms with van der Waals surface area (Å²) >= 11 is 0. The highest BCUT2D eigenvalue weighted by Crippen LogP contribution is 2.37. The third-order valence-corrected chi connectivity index (χ3v) is 4.31. The van der Waals surface area contributed by atoms with Gasteiger partial charge in [0.2, 0.25) is 0 Å². The Hall–Kier alpha value is -1.86. The van der Waals surface area contributed by atoms with Crippen molar-refractivity contribution in [1.82, 2.24) is 0 Å². The van der Waals surface area contributed by atoms with E-state index in [1.165, 1.54) is 27.1 Å². The highest BCUT2D eigenvalue weighted by atomic mass is 16.3. The van der Waals surface area contributed by atoms with Gasteiger partial charge in [-0.3, -0.25) is 0 Å². The molecule has 19 heavy (non-hydrogen) atoms. The molecule has 1 nitrogen and oxygen atoms in total. The van der Waals surface area contributed by atoms with Crippen LogP contribution in [-0.4, -0.2) is 5.11 Å². The molecule has 0 bridgehead atoms. The molecular formula is C18H16O. The van der Waals surface area contributed by atoms with Gasteiger partial charge >= 0.3 is 0 Å². The predicted molar refractivity (Wildman–Crippen MR) is 79.4 cm³/mol. The summed E-state index contributed by atoms with van der Waals surface area (Å²) in [7, 11) is 0. The summed E-state index contributed by atoms with van der Waals surface area (Å²) in [5.74, 6) is 0. The zero-order chi connectivity index (χ0) is 12.8.